The maximum Gasteiger partial charge on any atom is 0.244 e. The summed E-state index contributed by atoms with van der Waals surface area (Å²) in [5, 5.41) is 0. The van der Waals surface area contributed by atoms with Gasteiger partial charge in [-0.15, -0.1) is 0 Å². The lowest BCUT2D eigenvalue weighted by atomic mass is 10.3. The Labute approximate surface area is 89.5 Å². The highest BCUT2D eigenvalue weighted by Gasteiger charge is 2.10. The molecule has 1 aromatic heterocycles. The molecule has 0 saturated heterocycles. The summed E-state index contributed by atoms with van der Waals surface area (Å²) in [6.07, 6.45) is 4.68. The van der Waals surface area contributed by atoms with Crippen LogP contribution in [0.25, 0.3) is 11.0 Å². The first kappa shape index (κ1) is 11.7. The second-order valence-corrected chi connectivity index (χ2v) is 3.76. The summed E-state index contributed by atoms with van der Waals surface area (Å²) >= 11 is 0. The minimum Gasteiger partial charge on any atom is -1.00 e. The molecule has 0 aliphatic carbocycles. The molecule has 2 aromatic rings. The smallest absolute Gasteiger partial charge is 0.244 e. The Bertz CT molecular complexity index is 434. The van der Waals surface area contributed by atoms with Gasteiger partial charge in [0.2, 0.25) is 6.33 Å². The lowest BCUT2D eigenvalue weighted by Crippen LogP contribution is -3.00. The van der Waals surface area contributed by atoms with E-state index in [0.29, 0.717) is 0 Å². The van der Waals surface area contributed by atoms with Gasteiger partial charge < -0.3 is 4.70 Å². The van der Waals surface area contributed by atoms with Crippen LogP contribution in [0.1, 0.15) is 19.8 Å². The highest BCUT2D eigenvalue weighted by atomic mass is 19.0. The number of rotatable bonds is 3. The average molecular weight is 208 g/mol. The second kappa shape index (κ2) is 4.91. The Balaban J connectivity index is 0.00000112. The second-order valence-electron chi connectivity index (χ2n) is 3.76. The Kier molecular flexibility index (Phi) is 3.83. The molecule has 0 amide bonds. The highest BCUT2D eigenvalue weighted by Crippen LogP contribution is 2.10. The molecule has 0 bridgehead atoms. The number of aromatic nitrogens is 2. The molecule has 3 heteroatoms. The van der Waals surface area contributed by atoms with Crippen LogP contribution in [0.4, 0.5) is 0 Å². The van der Waals surface area contributed by atoms with E-state index in [1.54, 1.807) is 0 Å². The van der Waals surface area contributed by atoms with Crippen LogP contribution in [0.3, 0.4) is 0 Å². The maximum atomic E-state index is 2.33. The van der Waals surface area contributed by atoms with Crippen molar-refractivity contribution in [3.63, 3.8) is 0 Å². The number of fused-ring (bicyclic) bond motifs is 1. The van der Waals surface area contributed by atoms with Crippen molar-refractivity contribution in [3.8, 4) is 0 Å². The van der Waals surface area contributed by atoms with Crippen LogP contribution < -0.4 is 9.27 Å². The van der Waals surface area contributed by atoms with E-state index in [9.17, 15) is 0 Å². The summed E-state index contributed by atoms with van der Waals surface area (Å²) < 4.78 is 4.52. The summed E-state index contributed by atoms with van der Waals surface area (Å²) in [4.78, 5) is 0. The molecule has 1 aromatic carbocycles. The molecular formula is C12H17FN2. The molecule has 0 saturated carbocycles. The van der Waals surface area contributed by atoms with Crippen molar-refractivity contribution >= 4 is 11.0 Å². The van der Waals surface area contributed by atoms with Gasteiger partial charge in [0, 0.05) is 0 Å². The minimum absolute atomic E-state index is 0. The van der Waals surface area contributed by atoms with E-state index in [4.69, 9.17) is 0 Å². The molecule has 0 fully saturated rings. The molecule has 0 radical (unpaired) electrons. The summed E-state index contributed by atoms with van der Waals surface area (Å²) in [5.41, 5.74) is 2.65. The molecule has 0 spiro atoms. The quantitative estimate of drug-likeness (QED) is 0.588. The monoisotopic (exact) mass is 208 g/mol. The Morgan fingerprint density at radius 2 is 2.00 bits per heavy atom. The van der Waals surface area contributed by atoms with Crippen molar-refractivity contribution < 1.29 is 9.27 Å². The van der Waals surface area contributed by atoms with E-state index >= 15 is 0 Å². The standard InChI is InChI=1S/C12H17N2.FH/c1-3-4-9-14-10-13(2)11-7-5-6-8-12(11)14;/h5-8,10H,3-4,9H2,1-2H3;1H/q+1;/p-1. The molecule has 0 atom stereocenters. The molecular weight excluding hydrogens is 191 g/mol. The van der Waals surface area contributed by atoms with Gasteiger partial charge in [0.15, 0.2) is 11.0 Å². The highest BCUT2D eigenvalue weighted by molar-refractivity contribution is 5.71. The van der Waals surface area contributed by atoms with Gasteiger partial charge in [0.25, 0.3) is 0 Å². The number of para-hydroxylation sites is 2. The predicted octanol–water partition coefficient (Wildman–Crippen LogP) is -0.730. The summed E-state index contributed by atoms with van der Waals surface area (Å²) in [6.45, 7) is 3.35. The predicted molar refractivity (Wildman–Crippen MR) is 58.0 cm³/mol. The number of imidazole rings is 1. The number of unbranched alkanes of at least 4 members (excludes halogenated alkanes) is 1. The fraction of sp³-hybridized carbons (Fsp3) is 0.417. The van der Waals surface area contributed by atoms with Gasteiger partial charge in [-0.2, -0.15) is 0 Å². The largest absolute Gasteiger partial charge is 1.00 e. The van der Waals surface area contributed by atoms with E-state index in [1.165, 1.54) is 23.9 Å². The van der Waals surface area contributed by atoms with Crippen LogP contribution in [0, 0.1) is 0 Å². The maximum absolute atomic E-state index is 2.33. The third-order valence-corrected chi connectivity index (χ3v) is 2.64. The van der Waals surface area contributed by atoms with Crippen molar-refractivity contribution in [2.75, 3.05) is 0 Å². The summed E-state index contributed by atoms with van der Waals surface area (Å²) in [5.74, 6) is 0. The third kappa shape index (κ3) is 2.17. The molecule has 0 N–H and O–H groups in total. The molecule has 82 valence electrons. The van der Waals surface area contributed by atoms with Gasteiger partial charge in [-0.1, -0.05) is 25.5 Å². The van der Waals surface area contributed by atoms with Gasteiger partial charge in [0.1, 0.15) is 0 Å². The third-order valence-electron chi connectivity index (χ3n) is 2.64. The van der Waals surface area contributed by atoms with Gasteiger partial charge in [-0.3, -0.25) is 0 Å². The number of nitrogens with zero attached hydrogens (tertiary/aromatic N) is 2. The van der Waals surface area contributed by atoms with Crippen molar-refractivity contribution in [1.29, 1.82) is 0 Å². The zero-order chi connectivity index (χ0) is 9.97. The Morgan fingerprint density at radius 1 is 1.27 bits per heavy atom. The van der Waals surface area contributed by atoms with Gasteiger partial charge in [0.05, 0.1) is 13.6 Å². The van der Waals surface area contributed by atoms with Crippen molar-refractivity contribution in [3.05, 3.63) is 30.6 Å². The molecule has 0 unspecified atom stereocenters. The van der Waals surface area contributed by atoms with E-state index < -0.39 is 0 Å². The van der Waals surface area contributed by atoms with Crippen LogP contribution >= 0.6 is 0 Å². The van der Waals surface area contributed by atoms with E-state index in [2.05, 4.69) is 53.7 Å². The fourth-order valence-electron chi connectivity index (χ4n) is 1.85. The number of benzene rings is 1. The van der Waals surface area contributed by atoms with Crippen LogP contribution in [0.5, 0.6) is 0 Å². The lowest BCUT2D eigenvalue weighted by molar-refractivity contribution is -0.645. The summed E-state index contributed by atoms with van der Waals surface area (Å²) in [7, 11) is 2.10. The van der Waals surface area contributed by atoms with Gasteiger partial charge in [-0.05, 0) is 18.6 Å². The number of aryl methyl sites for hydroxylation is 2. The molecule has 0 aliphatic rings. The molecule has 2 nitrogen and oxygen atoms in total. The lowest BCUT2D eigenvalue weighted by Gasteiger charge is -1.94. The number of halogens is 1. The minimum atomic E-state index is 0. The van der Waals surface area contributed by atoms with Gasteiger partial charge >= 0.3 is 0 Å². The number of hydrogen-bond acceptors (Lipinski definition) is 0. The fourth-order valence-corrected chi connectivity index (χ4v) is 1.85. The van der Waals surface area contributed by atoms with Crippen molar-refractivity contribution in [1.82, 2.24) is 4.57 Å². The first-order valence-electron chi connectivity index (χ1n) is 5.26. The van der Waals surface area contributed by atoms with Crippen LogP contribution in [0.15, 0.2) is 30.6 Å². The summed E-state index contributed by atoms with van der Waals surface area (Å²) in [6, 6.07) is 8.54. The number of hydrogen-bond donors (Lipinski definition) is 0. The van der Waals surface area contributed by atoms with Crippen molar-refractivity contribution in [2.24, 2.45) is 7.05 Å². The first-order valence-corrected chi connectivity index (χ1v) is 5.26. The topological polar surface area (TPSA) is 8.81 Å². The molecule has 0 aliphatic heterocycles. The van der Waals surface area contributed by atoms with Crippen molar-refractivity contribution in [2.45, 2.75) is 26.3 Å². The zero-order valence-corrected chi connectivity index (χ0v) is 9.28. The van der Waals surface area contributed by atoms with E-state index in [1.807, 2.05) is 0 Å². The average Bonchev–Trinajstić information content (AvgIpc) is 2.54. The molecule has 2 rings (SSSR count). The van der Waals surface area contributed by atoms with E-state index in [-0.39, 0.29) is 4.70 Å². The van der Waals surface area contributed by atoms with Crippen LogP contribution in [-0.4, -0.2) is 4.57 Å². The SMILES string of the molecule is CCCCn1c[n+](C)c2ccccc21.[F-]. The Hall–Kier alpha value is -1.38. The molecule has 15 heavy (non-hydrogen) atoms. The van der Waals surface area contributed by atoms with Crippen LogP contribution in [0.2, 0.25) is 0 Å². The first-order chi connectivity index (χ1) is 6.83. The van der Waals surface area contributed by atoms with Crippen LogP contribution in [-0.2, 0) is 13.6 Å². The Morgan fingerprint density at radius 3 is 2.73 bits per heavy atom. The van der Waals surface area contributed by atoms with Gasteiger partial charge in [-0.25, -0.2) is 9.13 Å². The zero-order valence-electron chi connectivity index (χ0n) is 9.28. The van der Waals surface area contributed by atoms with E-state index in [0.717, 1.165) is 6.54 Å². The molecule has 1 heterocycles. The normalized spacial score (nSPS) is 10.3.